The van der Waals surface area contributed by atoms with Crippen LogP contribution in [0.4, 0.5) is 0 Å². The maximum absolute atomic E-state index is 3.49. The van der Waals surface area contributed by atoms with Crippen molar-refractivity contribution in [3.05, 3.63) is 35.5 Å². The van der Waals surface area contributed by atoms with Gasteiger partial charge in [0, 0.05) is 30.2 Å². The summed E-state index contributed by atoms with van der Waals surface area (Å²) in [5.74, 6) is 0. The van der Waals surface area contributed by atoms with Gasteiger partial charge in [0.2, 0.25) is 0 Å². The van der Waals surface area contributed by atoms with Crippen LogP contribution in [0.3, 0.4) is 0 Å². The van der Waals surface area contributed by atoms with E-state index in [1.807, 2.05) is 0 Å². The van der Waals surface area contributed by atoms with Gasteiger partial charge in [-0.05, 0) is 42.6 Å². The zero-order valence-electron chi connectivity index (χ0n) is 12.0. The first-order valence-electron chi connectivity index (χ1n) is 6.92. The lowest BCUT2D eigenvalue weighted by atomic mass is 10.1. The molecule has 0 aliphatic heterocycles. The second-order valence-electron chi connectivity index (χ2n) is 5.33. The minimum atomic E-state index is 0.561. The van der Waals surface area contributed by atoms with E-state index in [0.29, 0.717) is 6.04 Å². The number of nitrogens with zero attached hydrogens (tertiary/aromatic N) is 1. The molecule has 1 heterocycles. The van der Waals surface area contributed by atoms with Crippen LogP contribution in [0.5, 0.6) is 0 Å². The first kappa shape index (κ1) is 13.2. The van der Waals surface area contributed by atoms with Gasteiger partial charge in [0.05, 0.1) is 0 Å². The van der Waals surface area contributed by atoms with E-state index in [9.17, 15) is 0 Å². The Morgan fingerprint density at radius 2 is 2.06 bits per heavy atom. The van der Waals surface area contributed by atoms with Crippen LogP contribution in [0, 0.1) is 0 Å². The first-order valence-corrected chi connectivity index (χ1v) is 6.92. The maximum atomic E-state index is 3.49. The first-order chi connectivity index (χ1) is 8.61. The van der Waals surface area contributed by atoms with Gasteiger partial charge in [0.1, 0.15) is 0 Å². The summed E-state index contributed by atoms with van der Waals surface area (Å²) in [4.78, 5) is 0. The molecule has 0 atom stereocenters. The van der Waals surface area contributed by atoms with Crippen LogP contribution in [0.15, 0.2) is 24.4 Å². The Bertz CT molecular complexity index is 523. The molecule has 98 valence electrons. The number of benzene rings is 1. The molecule has 0 saturated carbocycles. The summed E-state index contributed by atoms with van der Waals surface area (Å²) in [5, 5.41) is 4.91. The highest BCUT2D eigenvalue weighted by Crippen LogP contribution is 2.22. The Balaban J connectivity index is 2.26. The van der Waals surface area contributed by atoms with Crippen LogP contribution in [0.1, 0.15) is 31.9 Å². The number of aromatic nitrogens is 1. The molecule has 0 unspecified atom stereocenters. The average Bonchev–Trinajstić information content (AvgIpc) is 2.65. The molecule has 2 aromatic rings. The molecule has 2 heteroatoms. The standard InChI is InChI=1S/C16H24N2/c1-5-13-6-7-16-15(10-13)14(11-18(16)4)8-9-17-12(2)3/h6-7,10-12,17H,5,8-9H2,1-4H3. The second-order valence-corrected chi connectivity index (χ2v) is 5.33. The molecule has 2 nitrogen and oxygen atoms in total. The zero-order valence-corrected chi connectivity index (χ0v) is 12.0. The van der Waals surface area contributed by atoms with Crippen LogP contribution >= 0.6 is 0 Å². The van der Waals surface area contributed by atoms with Crippen LogP contribution in [-0.2, 0) is 19.9 Å². The van der Waals surface area contributed by atoms with Gasteiger partial charge in [-0.2, -0.15) is 0 Å². The van der Waals surface area contributed by atoms with Crippen LogP contribution in [-0.4, -0.2) is 17.2 Å². The second kappa shape index (κ2) is 5.57. The van der Waals surface area contributed by atoms with Crippen molar-refractivity contribution in [2.45, 2.75) is 39.7 Å². The summed E-state index contributed by atoms with van der Waals surface area (Å²) in [6, 6.07) is 7.39. The molecule has 1 N–H and O–H groups in total. The average molecular weight is 244 g/mol. The highest BCUT2D eigenvalue weighted by atomic mass is 14.9. The summed E-state index contributed by atoms with van der Waals surface area (Å²) in [6.07, 6.45) is 4.48. The minimum Gasteiger partial charge on any atom is -0.350 e. The Morgan fingerprint density at radius 3 is 2.72 bits per heavy atom. The van der Waals surface area contributed by atoms with E-state index in [1.54, 1.807) is 0 Å². The molecule has 0 aliphatic carbocycles. The number of nitrogens with one attached hydrogen (secondary N) is 1. The third-order valence-corrected chi connectivity index (χ3v) is 3.49. The molecule has 0 radical (unpaired) electrons. The Kier molecular flexibility index (Phi) is 4.07. The molecule has 1 aromatic heterocycles. The number of rotatable bonds is 5. The smallest absolute Gasteiger partial charge is 0.0480 e. The SMILES string of the molecule is CCc1ccc2c(c1)c(CCNC(C)C)cn2C. The summed E-state index contributed by atoms with van der Waals surface area (Å²) in [7, 11) is 2.13. The fourth-order valence-corrected chi connectivity index (χ4v) is 2.44. The topological polar surface area (TPSA) is 17.0 Å². The lowest BCUT2D eigenvalue weighted by molar-refractivity contribution is 0.591. The van der Waals surface area contributed by atoms with Crippen molar-refractivity contribution in [2.75, 3.05) is 6.54 Å². The van der Waals surface area contributed by atoms with Crippen molar-refractivity contribution >= 4 is 10.9 Å². The highest BCUT2D eigenvalue weighted by molar-refractivity contribution is 5.84. The van der Waals surface area contributed by atoms with Crippen LogP contribution in [0.25, 0.3) is 10.9 Å². The molecular weight excluding hydrogens is 220 g/mol. The Morgan fingerprint density at radius 1 is 1.28 bits per heavy atom. The van der Waals surface area contributed by atoms with E-state index < -0.39 is 0 Å². The van der Waals surface area contributed by atoms with Gasteiger partial charge >= 0.3 is 0 Å². The lowest BCUT2D eigenvalue weighted by Gasteiger charge is -2.07. The van der Waals surface area contributed by atoms with Gasteiger partial charge in [-0.15, -0.1) is 0 Å². The normalized spacial score (nSPS) is 11.6. The summed E-state index contributed by atoms with van der Waals surface area (Å²) in [6.45, 7) is 7.65. The third kappa shape index (κ3) is 2.75. The van der Waals surface area contributed by atoms with Gasteiger partial charge in [-0.25, -0.2) is 0 Å². The molecular formula is C16H24N2. The number of aryl methyl sites for hydroxylation is 2. The van der Waals surface area contributed by atoms with E-state index in [4.69, 9.17) is 0 Å². The monoisotopic (exact) mass is 244 g/mol. The number of hydrogen-bond acceptors (Lipinski definition) is 1. The Hall–Kier alpha value is -1.28. The zero-order chi connectivity index (χ0) is 13.1. The summed E-state index contributed by atoms with van der Waals surface area (Å²) < 4.78 is 2.24. The van der Waals surface area contributed by atoms with Gasteiger partial charge in [-0.3, -0.25) is 0 Å². The van der Waals surface area contributed by atoms with Crippen LogP contribution in [0.2, 0.25) is 0 Å². The molecule has 0 bridgehead atoms. The van der Waals surface area contributed by atoms with Crippen LogP contribution < -0.4 is 5.32 Å². The summed E-state index contributed by atoms with van der Waals surface area (Å²) >= 11 is 0. The van der Waals surface area contributed by atoms with Gasteiger partial charge in [-0.1, -0.05) is 26.8 Å². The van der Waals surface area contributed by atoms with Crippen molar-refractivity contribution in [1.29, 1.82) is 0 Å². The van der Waals surface area contributed by atoms with E-state index >= 15 is 0 Å². The van der Waals surface area contributed by atoms with Gasteiger partial charge < -0.3 is 9.88 Å². The molecule has 0 spiro atoms. The van der Waals surface area contributed by atoms with E-state index in [0.717, 1.165) is 19.4 Å². The molecule has 2 rings (SSSR count). The van der Waals surface area contributed by atoms with Crippen molar-refractivity contribution in [2.24, 2.45) is 7.05 Å². The Labute approximate surface area is 110 Å². The predicted octanol–water partition coefficient (Wildman–Crippen LogP) is 3.28. The molecule has 18 heavy (non-hydrogen) atoms. The molecule has 0 saturated heterocycles. The van der Waals surface area contributed by atoms with Gasteiger partial charge in [0.15, 0.2) is 0 Å². The van der Waals surface area contributed by atoms with Crippen molar-refractivity contribution in [3.8, 4) is 0 Å². The molecule has 0 aliphatic rings. The lowest BCUT2D eigenvalue weighted by Crippen LogP contribution is -2.24. The summed E-state index contributed by atoms with van der Waals surface area (Å²) in [5.41, 5.74) is 4.22. The van der Waals surface area contributed by atoms with Crippen molar-refractivity contribution in [1.82, 2.24) is 9.88 Å². The van der Waals surface area contributed by atoms with Gasteiger partial charge in [0.25, 0.3) is 0 Å². The molecule has 0 fully saturated rings. The van der Waals surface area contributed by atoms with Crippen molar-refractivity contribution in [3.63, 3.8) is 0 Å². The van der Waals surface area contributed by atoms with E-state index in [-0.39, 0.29) is 0 Å². The fourth-order valence-electron chi connectivity index (χ4n) is 2.44. The largest absolute Gasteiger partial charge is 0.350 e. The van der Waals surface area contributed by atoms with E-state index in [1.165, 1.54) is 22.0 Å². The quantitative estimate of drug-likeness (QED) is 0.854. The molecule has 0 amide bonds. The number of fused-ring (bicyclic) bond motifs is 1. The molecule has 1 aromatic carbocycles. The predicted molar refractivity (Wildman–Crippen MR) is 79.1 cm³/mol. The maximum Gasteiger partial charge on any atom is 0.0480 e. The number of hydrogen-bond donors (Lipinski definition) is 1. The minimum absolute atomic E-state index is 0.561. The highest BCUT2D eigenvalue weighted by Gasteiger charge is 2.07. The van der Waals surface area contributed by atoms with E-state index in [2.05, 4.69) is 62.1 Å². The van der Waals surface area contributed by atoms with Crippen molar-refractivity contribution < 1.29 is 0 Å². The third-order valence-electron chi connectivity index (χ3n) is 3.49. The fraction of sp³-hybridized carbons (Fsp3) is 0.500.